The lowest BCUT2D eigenvalue weighted by molar-refractivity contribution is 0.228. The van der Waals surface area contributed by atoms with Gasteiger partial charge in [-0.2, -0.15) is 0 Å². The largest absolute Gasteiger partial charge is 0.396 e. The Bertz CT molecular complexity index is 943. The van der Waals surface area contributed by atoms with Crippen molar-refractivity contribution in [3.63, 3.8) is 0 Å². The third-order valence-corrected chi connectivity index (χ3v) is 5.97. The number of aliphatic hydroxyl groups excluding tert-OH is 1. The first kappa shape index (κ1) is 19.2. The Morgan fingerprint density at radius 3 is 2.75 bits per heavy atom. The van der Waals surface area contributed by atoms with Gasteiger partial charge in [0, 0.05) is 61.1 Å². The third-order valence-electron chi connectivity index (χ3n) is 5.97. The maximum absolute atomic E-state index is 9.07. The van der Waals surface area contributed by atoms with Crippen molar-refractivity contribution >= 4 is 10.9 Å². The van der Waals surface area contributed by atoms with Crippen LogP contribution in [-0.4, -0.2) is 39.3 Å². The van der Waals surface area contributed by atoms with Gasteiger partial charge in [-0.05, 0) is 69.0 Å². The summed E-state index contributed by atoms with van der Waals surface area (Å²) >= 11 is 0. The first-order valence-corrected chi connectivity index (χ1v) is 10.5. The second-order valence-corrected chi connectivity index (χ2v) is 8.11. The van der Waals surface area contributed by atoms with Crippen molar-refractivity contribution < 1.29 is 5.11 Å². The lowest BCUT2D eigenvalue weighted by Gasteiger charge is -2.28. The van der Waals surface area contributed by atoms with Crippen LogP contribution in [0.3, 0.4) is 0 Å². The van der Waals surface area contributed by atoms with Crippen LogP contribution >= 0.6 is 0 Å². The van der Waals surface area contributed by atoms with Crippen LogP contribution in [0.15, 0.2) is 36.5 Å². The third kappa shape index (κ3) is 3.98. The zero-order valence-corrected chi connectivity index (χ0v) is 17.1. The molecule has 1 N–H and O–H groups in total. The number of fused-ring (bicyclic) bond motifs is 3. The number of rotatable bonds is 7. The molecule has 0 fully saturated rings. The van der Waals surface area contributed by atoms with Crippen LogP contribution in [0.2, 0.25) is 0 Å². The summed E-state index contributed by atoms with van der Waals surface area (Å²) in [5.41, 5.74) is 8.09. The minimum absolute atomic E-state index is 0.297. The average Bonchev–Trinajstić information content (AvgIpc) is 3.00. The number of hydrogen-bond donors (Lipinski definition) is 1. The van der Waals surface area contributed by atoms with E-state index in [2.05, 4.69) is 51.7 Å². The number of nitrogens with zero attached hydrogens (tertiary/aromatic N) is 3. The van der Waals surface area contributed by atoms with E-state index in [1.165, 1.54) is 33.3 Å². The van der Waals surface area contributed by atoms with Crippen molar-refractivity contribution in [2.45, 2.75) is 52.6 Å². The zero-order valence-electron chi connectivity index (χ0n) is 17.1. The molecular weight excluding hydrogens is 346 g/mol. The fourth-order valence-corrected chi connectivity index (χ4v) is 4.40. The zero-order chi connectivity index (χ0) is 19.5. The van der Waals surface area contributed by atoms with Crippen molar-refractivity contribution in [3.8, 4) is 0 Å². The first-order valence-electron chi connectivity index (χ1n) is 10.5. The lowest BCUT2D eigenvalue weighted by Crippen LogP contribution is -2.32. The number of pyridine rings is 1. The van der Waals surface area contributed by atoms with Crippen molar-refractivity contribution in [2.75, 3.05) is 19.7 Å². The number of benzene rings is 1. The summed E-state index contributed by atoms with van der Waals surface area (Å²) in [6.45, 7) is 8.74. The smallest absolute Gasteiger partial charge is 0.0486 e. The molecule has 3 heterocycles. The summed E-state index contributed by atoms with van der Waals surface area (Å²) in [5.74, 6) is 0. The lowest BCUT2D eigenvalue weighted by atomic mass is 10.0. The highest BCUT2D eigenvalue weighted by Gasteiger charge is 2.23. The van der Waals surface area contributed by atoms with E-state index in [0.29, 0.717) is 6.61 Å². The topological polar surface area (TPSA) is 41.3 Å². The molecule has 28 heavy (non-hydrogen) atoms. The molecule has 0 unspecified atom stereocenters. The second kappa shape index (κ2) is 8.46. The Labute approximate surface area is 167 Å². The number of aryl methyl sites for hydroxylation is 4. The van der Waals surface area contributed by atoms with Crippen LogP contribution in [0.4, 0.5) is 0 Å². The van der Waals surface area contributed by atoms with Gasteiger partial charge in [-0.15, -0.1) is 0 Å². The second-order valence-electron chi connectivity index (χ2n) is 8.11. The average molecular weight is 378 g/mol. The Morgan fingerprint density at radius 2 is 1.96 bits per heavy atom. The van der Waals surface area contributed by atoms with Crippen LogP contribution in [0.25, 0.3) is 10.9 Å². The molecule has 1 aliphatic heterocycles. The highest BCUT2D eigenvalue weighted by Crippen LogP contribution is 2.32. The quantitative estimate of drug-likeness (QED) is 0.632. The Hall–Kier alpha value is -2.17. The van der Waals surface area contributed by atoms with E-state index in [9.17, 15) is 0 Å². The normalized spacial score (nSPS) is 14.5. The van der Waals surface area contributed by atoms with Crippen molar-refractivity contribution in [3.05, 3.63) is 64.6 Å². The van der Waals surface area contributed by atoms with Gasteiger partial charge in [0.2, 0.25) is 0 Å². The predicted octanol–water partition coefficient (Wildman–Crippen LogP) is 4.03. The summed E-state index contributed by atoms with van der Waals surface area (Å²) in [4.78, 5) is 7.00. The van der Waals surface area contributed by atoms with Crippen molar-refractivity contribution in [1.29, 1.82) is 0 Å². The fourth-order valence-electron chi connectivity index (χ4n) is 4.40. The minimum Gasteiger partial charge on any atom is -0.396 e. The van der Waals surface area contributed by atoms with E-state index >= 15 is 0 Å². The number of unbranched alkanes of at least 4 members (excludes halogenated alkanes) is 1. The highest BCUT2D eigenvalue weighted by molar-refractivity contribution is 5.86. The molecule has 4 heteroatoms. The molecule has 148 valence electrons. The molecule has 1 aromatic carbocycles. The Kier molecular flexibility index (Phi) is 5.79. The molecule has 0 aliphatic carbocycles. The van der Waals surface area contributed by atoms with E-state index in [-0.39, 0.29) is 0 Å². The Balaban J connectivity index is 1.61. The van der Waals surface area contributed by atoms with Crippen LogP contribution in [0, 0.1) is 13.8 Å². The first-order chi connectivity index (χ1) is 13.7. The molecule has 0 saturated carbocycles. The van der Waals surface area contributed by atoms with Gasteiger partial charge in [-0.3, -0.25) is 9.88 Å². The van der Waals surface area contributed by atoms with Gasteiger partial charge in [-0.1, -0.05) is 17.7 Å². The molecule has 1 aliphatic rings. The van der Waals surface area contributed by atoms with E-state index in [4.69, 9.17) is 5.11 Å². The van der Waals surface area contributed by atoms with Crippen LogP contribution in [-0.2, 0) is 25.9 Å². The van der Waals surface area contributed by atoms with Crippen LogP contribution < -0.4 is 0 Å². The molecule has 0 radical (unpaired) electrons. The summed E-state index contributed by atoms with van der Waals surface area (Å²) in [7, 11) is 0. The molecule has 0 spiro atoms. The van der Waals surface area contributed by atoms with E-state index in [0.717, 1.165) is 57.6 Å². The van der Waals surface area contributed by atoms with Crippen LogP contribution in [0.1, 0.15) is 40.9 Å². The van der Waals surface area contributed by atoms with E-state index in [1.807, 2.05) is 13.1 Å². The van der Waals surface area contributed by atoms with Gasteiger partial charge in [-0.25, -0.2) is 0 Å². The maximum atomic E-state index is 9.07. The number of hydrogen-bond acceptors (Lipinski definition) is 3. The molecular formula is C24H31N3O. The summed E-state index contributed by atoms with van der Waals surface area (Å²) in [5, 5.41) is 10.5. The molecule has 0 amide bonds. The van der Waals surface area contributed by atoms with E-state index < -0.39 is 0 Å². The highest BCUT2D eigenvalue weighted by atomic mass is 16.2. The number of aliphatic hydroxyl groups is 1. The predicted molar refractivity (Wildman–Crippen MR) is 115 cm³/mol. The van der Waals surface area contributed by atoms with Gasteiger partial charge < -0.3 is 9.67 Å². The van der Waals surface area contributed by atoms with E-state index in [1.54, 1.807) is 0 Å². The monoisotopic (exact) mass is 377 g/mol. The molecule has 3 aromatic rings. The SMILES string of the molecule is Cc1ccc2c(c1)c1c(n2CCc2ccc(C)nc2)CCN(CCCCO)C1. The standard InChI is InChI=1S/C24H31N3O/c1-18-5-8-23-21(15-18)22-17-26(11-3-4-14-28)12-10-24(22)27(23)13-9-20-7-6-19(2)25-16-20/h5-8,15-16,28H,3-4,9-14,17H2,1-2H3. The maximum Gasteiger partial charge on any atom is 0.0486 e. The van der Waals surface area contributed by atoms with Gasteiger partial charge in [0.25, 0.3) is 0 Å². The van der Waals surface area contributed by atoms with Gasteiger partial charge in [0.05, 0.1) is 0 Å². The molecule has 4 rings (SSSR count). The van der Waals surface area contributed by atoms with Gasteiger partial charge in [0.1, 0.15) is 0 Å². The van der Waals surface area contributed by atoms with Gasteiger partial charge >= 0.3 is 0 Å². The summed E-state index contributed by atoms with van der Waals surface area (Å²) in [6.07, 6.45) is 6.10. The Morgan fingerprint density at radius 1 is 1.07 bits per heavy atom. The molecule has 2 aromatic heterocycles. The van der Waals surface area contributed by atoms with Crippen LogP contribution in [0.5, 0.6) is 0 Å². The fraction of sp³-hybridized carbons (Fsp3) is 0.458. The minimum atomic E-state index is 0.297. The molecule has 4 nitrogen and oxygen atoms in total. The molecule has 0 bridgehead atoms. The summed E-state index contributed by atoms with van der Waals surface area (Å²) < 4.78 is 2.55. The van der Waals surface area contributed by atoms with Crippen molar-refractivity contribution in [1.82, 2.24) is 14.5 Å². The van der Waals surface area contributed by atoms with Gasteiger partial charge in [0.15, 0.2) is 0 Å². The van der Waals surface area contributed by atoms with Crippen molar-refractivity contribution in [2.24, 2.45) is 0 Å². The molecule has 0 saturated heterocycles. The number of aromatic nitrogens is 2. The summed E-state index contributed by atoms with van der Waals surface area (Å²) in [6, 6.07) is 11.2. The molecule has 0 atom stereocenters.